The summed E-state index contributed by atoms with van der Waals surface area (Å²) in [7, 11) is 0. The van der Waals surface area contributed by atoms with Crippen LogP contribution in [-0.4, -0.2) is 21.0 Å². The van der Waals surface area contributed by atoms with Crippen LogP contribution in [0, 0.1) is 6.92 Å². The molecule has 5 nitrogen and oxygen atoms in total. The zero-order chi connectivity index (χ0) is 16.6. The number of hydrogen-bond donors (Lipinski definition) is 1. The third-order valence-corrected chi connectivity index (χ3v) is 6.87. The molecule has 3 rings (SSSR count). The molecule has 120 valence electrons. The minimum Gasteiger partial charge on any atom is -0.480 e. The summed E-state index contributed by atoms with van der Waals surface area (Å²) in [5, 5.41) is 16.6. The highest BCUT2D eigenvalue weighted by Gasteiger charge is 2.34. The quantitative estimate of drug-likeness (QED) is 0.544. The maximum Gasteiger partial charge on any atom is 0.319 e. The van der Waals surface area contributed by atoms with Crippen molar-refractivity contribution >= 4 is 60.7 Å². The molecule has 0 saturated carbocycles. The molecule has 0 bridgehead atoms. The predicted octanol–water partition coefficient (Wildman–Crippen LogP) is 4.90. The van der Waals surface area contributed by atoms with Gasteiger partial charge in [-0.2, -0.15) is 0 Å². The molecule has 0 spiro atoms. The molecule has 1 aliphatic rings. The Morgan fingerprint density at radius 1 is 1.22 bits per heavy atom. The second-order valence-corrected chi connectivity index (χ2v) is 9.10. The minimum absolute atomic E-state index is 0.661. The summed E-state index contributed by atoms with van der Waals surface area (Å²) < 4.78 is 5.34. The van der Waals surface area contributed by atoms with Crippen LogP contribution in [0.1, 0.15) is 19.4 Å². The maximum atomic E-state index is 11.4. The van der Waals surface area contributed by atoms with E-state index >= 15 is 0 Å². The van der Waals surface area contributed by atoms with Gasteiger partial charge < -0.3 is 5.11 Å². The number of carboxylic acid groups (broad SMARTS) is 1. The zero-order valence-electron chi connectivity index (χ0n) is 12.9. The molecule has 0 fully saturated rings. The lowest BCUT2D eigenvalue weighted by Gasteiger charge is -2.23. The lowest BCUT2D eigenvalue weighted by atomic mass is 10.0. The molecule has 23 heavy (non-hydrogen) atoms. The Morgan fingerprint density at radius 3 is 2.61 bits per heavy atom. The number of anilines is 1. The Morgan fingerprint density at radius 2 is 1.91 bits per heavy atom. The van der Waals surface area contributed by atoms with Crippen molar-refractivity contribution in [3.8, 4) is 0 Å². The Hall–Kier alpha value is -1.48. The van der Waals surface area contributed by atoms with Gasteiger partial charge in [0.15, 0.2) is 21.3 Å². The maximum absolute atomic E-state index is 11.4. The van der Waals surface area contributed by atoms with Gasteiger partial charge in [0.25, 0.3) is 0 Å². The Labute approximate surface area is 149 Å². The van der Waals surface area contributed by atoms with Crippen LogP contribution >= 0.6 is 33.1 Å². The third-order valence-electron chi connectivity index (χ3n) is 3.59. The van der Waals surface area contributed by atoms with Gasteiger partial charge in [0, 0.05) is 5.39 Å². The number of rotatable bonds is 3. The molecule has 1 N–H and O–H groups in total. The molecule has 0 aliphatic carbocycles. The molecule has 7 heteroatoms. The van der Waals surface area contributed by atoms with Crippen LogP contribution in [0.15, 0.2) is 44.8 Å². The molecule has 0 saturated heterocycles. The van der Waals surface area contributed by atoms with E-state index in [1.165, 1.54) is 22.7 Å². The average Bonchev–Trinajstić information content (AvgIpc) is 2.95. The average molecular weight is 441 g/mol. The van der Waals surface area contributed by atoms with Gasteiger partial charge in [-0.05, 0) is 37.8 Å². The molecule has 2 aromatic carbocycles. The fourth-order valence-corrected chi connectivity index (χ4v) is 5.12. The van der Waals surface area contributed by atoms with Crippen LogP contribution in [0.3, 0.4) is 0 Å². The number of halogens is 1. The van der Waals surface area contributed by atoms with Crippen LogP contribution in [0.2, 0.25) is 0 Å². The van der Waals surface area contributed by atoms with Crippen molar-refractivity contribution in [2.75, 3.05) is 3.11 Å². The molecule has 1 aliphatic heterocycles. The van der Waals surface area contributed by atoms with Crippen molar-refractivity contribution in [2.45, 2.75) is 25.5 Å². The first-order valence-corrected chi connectivity index (χ1v) is 9.78. The third kappa shape index (κ3) is 3.12. The fraction of sp³-hybridized carbons (Fsp3) is 0.250. The van der Waals surface area contributed by atoms with Crippen LogP contribution < -0.4 is 3.11 Å². The highest BCUT2D eigenvalue weighted by atomic mass is 127. The van der Waals surface area contributed by atoms with Crippen molar-refractivity contribution in [1.29, 1.82) is 0 Å². The van der Waals surface area contributed by atoms with Crippen LogP contribution in [0.4, 0.5) is 5.69 Å². The number of amidine groups is 1. The van der Waals surface area contributed by atoms with Gasteiger partial charge in [0.05, 0.1) is 5.69 Å². The van der Waals surface area contributed by atoms with E-state index < -0.39 is 32.0 Å². The van der Waals surface area contributed by atoms with E-state index in [2.05, 4.69) is 42.7 Å². The molecule has 0 aromatic heterocycles. The van der Waals surface area contributed by atoms with Gasteiger partial charge >= 0.3 is 5.97 Å². The molecule has 2 aromatic rings. The number of fused-ring (bicyclic) bond motifs is 1. The van der Waals surface area contributed by atoms with E-state index in [9.17, 15) is 9.90 Å². The molecule has 1 heterocycles. The zero-order valence-corrected chi connectivity index (χ0v) is 15.9. The largest absolute Gasteiger partial charge is 0.480 e. The van der Waals surface area contributed by atoms with Gasteiger partial charge in [-0.15, -0.1) is 8.36 Å². The summed E-state index contributed by atoms with van der Waals surface area (Å²) in [5.41, 5.74) is 2.27. The lowest BCUT2D eigenvalue weighted by molar-refractivity contribution is -0.138. The van der Waals surface area contributed by atoms with Crippen LogP contribution in [0.5, 0.6) is 0 Å². The number of nitrogens with zero attached hydrogens (tertiary/aromatic N) is 3. The smallest absolute Gasteiger partial charge is 0.319 e. The summed E-state index contributed by atoms with van der Waals surface area (Å²) in [6.07, 6.45) is 0. The number of carbonyl (C=O) groups is 1. The summed E-state index contributed by atoms with van der Waals surface area (Å²) in [6.45, 7) is 5.46. The molecule has 0 amide bonds. The van der Waals surface area contributed by atoms with Crippen molar-refractivity contribution in [3.63, 3.8) is 0 Å². The lowest BCUT2D eigenvalue weighted by Crippen LogP contribution is -2.31. The number of aryl methyl sites for hydroxylation is 1. The first-order valence-electron chi connectivity index (χ1n) is 7.03. The predicted molar refractivity (Wildman–Crippen MR) is 104 cm³/mol. The van der Waals surface area contributed by atoms with Gasteiger partial charge in [-0.3, -0.25) is 4.79 Å². The molecular weight excluding hydrogens is 425 g/mol. The summed E-state index contributed by atoms with van der Waals surface area (Å²) >= 11 is 0.582. The molecule has 0 radical (unpaired) electrons. The number of carboxylic acids is 1. The first kappa shape index (κ1) is 16.4. The van der Waals surface area contributed by atoms with E-state index in [-0.39, 0.29) is 0 Å². The van der Waals surface area contributed by atoms with Crippen molar-refractivity contribution in [3.05, 3.63) is 42.0 Å². The van der Waals surface area contributed by atoms with Crippen LogP contribution in [0.25, 0.3) is 10.8 Å². The number of aliphatic carboxylic acids is 1. The Kier molecular flexibility index (Phi) is 4.41. The summed E-state index contributed by atoms with van der Waals surface area (Å²) in [5.74, 6) is -0.857. The minimum atomic E-state index is -0.943. The van der Waals surface area contributed by atoms with Gasteiger partial charge in [0.1, 0.15) is 4.75 Å². The highest BCUT2D eigenvalue weighted by molar-refractivity contribution is 14.2. The van der Waals surface area contributed by atoms with Gasteiger partial charge in [-0.25, -0.2) is 3.11 Å². The van der Waals surface area contributed by atoms with Gasteiger partial charge in [-0.1, -0.05) is 42.1 Å². The standard InChI is InChI=1S/C16H16IN3O2S/c1-10-8-9-13(12-7-5-4-6-11(10)12)20-15(18-19-17-20)23-16(2,3)14(21)22/h4-9H,1-3H3,(H,21,22). The van der Waals surface area contributed by atoms with E-state index in [4.69, 9.17) is 0 Å². The van der Waals surface area contributed by atoms with Crippen molar-refractivity contribution < 1.29 is 9.90 Å². The second kappa shape index (κ2) is 6.20. The monoisotopic (exact) mass is 441 g/mol. The normalized spacial score (nSPS) is 14.7. The molecular formula is C16H16IN3O2S. The first-order chi connectivity index (χ1) is 10.9. The van der Waals surface area contributed by atoms with Crippen molar-refractivity contribution in [1.82, 2.24) is 0 Å². The van der Waals surface area contributed by atoms with E-state index in [1.54, 1.807) is 13.8 Å². The van der Waals surface area contributed by atoms with Gasteiger partial charge in [0.2, 0.25) is 5.17 Å². The van der Waals surface area contributed by atoms with Crippen molar-refractivity contribution in [2.24, 2.45) is 8.36 Å². The summed E-state index contributed by atoms with van der Waals surface area (Å²) in [4.78, 5) is 11.4. The molecule has 0 unspecified atom stereocenters. The van der Waals surface area contributed by atoms with E-state index in [0.29, 0.717) is 5.17 Å². The Balaban J connectivity index is 2.02. The Bertz CT molecular complexity index is 848. The number of hydrogen-bond acceptors (Lipinski definition) is 5. The highest BCUT2D eigenvalue weighted by Crippen LogP contribution is 2.40. The number of thioether (sulfide) groups is 1. The summed E-state index contributed by atoms with van der Waals surface area (Å²) in [6, 6.07) is 12.4. The SMILES string of the molecule is Cc1ccc(N2I=NN=C2SC(C)(C)C(=O)O)c2ccccc12. The van der Waals surface area contributed by atoms with E-state index in [1.807, 2.05) is 12.1 Å². The second-order valence-electron chi connectivity index (χ2n) is 5.68. The topological polar surface area (TPSA) is 65.3 Å². The van der Waals surface area contributed by atoms with Crippen LogP contribution in [-0.2, 0) is 4.79 Å². The molecule has 0 atom stereocenters. The van der Waals surface area contributed by atoms with E-state index in [0.717, 1.165) is 11.1 Å². The fourth-order valence-electron chi connectivity index (χ4n) is 2.24. The number of benzene rings is 2.